The lowest BCUT2D eigenvalue weighted by molar-refractivity contribution is -0.0105. The van der Waals surface area contributed by atoms with Gasteiger partial charge in [-0.1, -0.05) is 20.8 Å². The topological polar surface area (TPSA) is 38.5 Å². The van der Waals surface area contributed by atoms with Crippen LogP contribution in [-0.2, 0) is 4.74 Å². The fraction of sp³-hybridized carbons (Fsp3) is 1.00. The summed E-state index contributed by atoms with van der Waals surface area (Å²) in [4.78, 5) is 2.52. The van der Waals surface area contributed by atoms with Gasteiger partial charge in [-0.2, -0.15) is 0 Å². The van der Waals surface area contributed by atoms with Gasteiger partial charge in [-0.25, -0.2) is 0 Å². The number of hydrogen-bond acceptors (Lipinski definition) is 3. The smallest absolute Gasteiger partial charge is 0.0702 e. The van der Waals surface area contributed by atoms with Gasteiger partial charge >= 0.3 is 0 Å². The summed E-state index contributed by atoms with van der Waals surface area (Å²) >= 11 is 0. The van der Waals surface area contributed by atoms with Crippen LogP contribution in [0.2, 0.25) is 0 Å². The predicted molar refractivity (Wildman–Crippen MR) is 73.1 cm³/mol. The highest BCUT2D eigenvalue weighted by molar-refractivity contribution is 4.84. The average molecular weight is 242 g/mol. The first kappa shape index (κ1) is 14.9. The standard InChI is InChI=1S/C14H30N2O/c1-5-9-17-13-7-6-8-16(10-13)11-14(3,4)12(2)15/h12-13H,5-11,15H2,1-4H3. The SMILES string of the molecule is CCCOC1CCCN(CC(C)(C)C(C)N)C1. The van der Waals surface area contributed by atoms with Crippen LogP contribution in [0.25, 0.3) is 0 Å². The van der Waals surface area contributed by atoms with E-state index in [1.165, 1.54) is 19.4 Å². The van der Waals surface area contributed by atoms with Gasteiger partial charge in [0.25, 0.3) is 0 Å². The van der Waals surface area contributed by atoms with Crippen molar-refractivity contribution in [1.29, 1.82) is 0 Å². The van der Waals surface area contributed by atoms with Crippen LogP contribution in [0, 0.1) is 5.41 Å². The first-order valence-electron chi connectivity index (χ1n) is 7.05. The van der Waals surface area contributed by atoms with E-state index in [1.54, 1.807) is 0 Å². The van der Waals surface area contributed by atoms with Crippen molar-refractivity contribution < 1.29 is 4.74 Å². The Kier molecular flexibility index (Phi) is 5.90. The molecule has 0 saturated carbocycles. The molecule has 1 aliphatic rings. The molecule has 0 aliphatic carbocycles. The maximum absolute atomic E-state index is 6.04. The molecule has 0 aromatic carbocycles. The van der Waals surface area contributed by atoms with Crippen molar-refractivity contribution in [3.63, 3.8) is 0 Å². The number of rotatable bonds is 6. The van der Waals surface area contributed by atoms with Crippen molar-refractivity contribution in [2.45, 2.75) is 59.1 Å². The molecule has 1 heterocycles. The normalized spacial score (nSPS) is 24.9. The first-order chi connectivity index (χ1) is 7.95. The zero-order valence-electron chi connectivity index (χ0n) is 12.0. The van der Waals surface area contributed by atoms with Crippen molar-refractivity contribution in [3.8, 4) is 0 Å². The summed E-state index contributed by atoms with van der Waals surface area (Å²) in [5, 5.41) is 0. The Morgan fingerprint density at radius 1 is 1.47 bits per heavy atom. The van der Waals surface area contributed by atoms with Gasteiger partial charge in [-0.05, 0) is 38.1 Å². The molecule has 0 amide bonds. The number of piperidine rings is 1. The molecule has 0 bridgehead atoms. The second kappa shape index (κ2) is 6.72. The number of nitrogens with two attached hydrogens (primary N) is 1. The third-order valence-electron chi connectivity index (χ3n) is 3.88. The summed E-state index contributed by atoms with van der Waals surface area (Å²) in [6.07, 6.45) is 4.02. The van der Waals surface area contributed by atoms with Gasteiger partial charge in [0.2, 0.25) is 0 Å². The summed E-state index contributed by atoms with van der Waals surface area (Å²) < 4.78 is 5.86. The van der Waals surface area contributed by atoms with E-state index < -0.39 is 0 Å². The zero-order valence-corrected chi connectivity index (χ0v) is 12.0. The molecule has 2 atom stereocenters. The summed E-state index contributed by atoms with van der Waals surface area (Å²) in [6.45, 7) is 13.0. The third-order valence-corrected chi connectivity index (χ3v) is 3.88. The fourth-order valence-corrected chi connectivity index (χ4v) is 2.30. The lowest BCUT2D eigenvalue weighted by Gasteiger charge is -2.39. The van der Waals surface area contributed by atoms with E-state index in [1.807, 2.05) is 0 Å². The summed E-state index contributed by atoms with van der Waals surface area (Å²) in [5.74, 6) is 0. The van der Waals surface area contributed by atoms with Crippen LogP contribution in [0.3, 0.4) is 0 Å². The molecule has 3 heteroatoms. The second-order valence-electron chi connectivity index (χ2n) is 6.15. The molecular weight excluding hydrogens is 212 g/mol. The zero-order chi connectivity index (χ0) is 12.9. The minimum atomic E-state index is 0.187. The first-order valence-corrected chi connectivity index (χ1v) is 7.05. The van der Waals surface area contributed by atoms with E-state index in [0.29, 0.717) is 6.10 Å². The summed E-state index contributed by atoms with van der Waals surface area (Å²) in [5.41, 5.74) is 6.23. The quantitative estimate of drug-likeness (QED) is 0.776. The molecular formula is C14H30N2O. The molecule has 1 aliphatic heterocycles. The molecule has 2 N–H and O–H groups in total. The molecule has 2 unspecified atom stereocenters. The summed E-state index contributed by atoms with van der Waals surface area (Å²) in [6, 6.07) is 0.236. The van der Waals surface area contributed by atoms with Gasteiger partial charge in [0.1, 0.15) is 0 Å². The van der Waals surface area contributed by atoms with Crippen molar-refractivity contribution in [1.82, 2.24) is 4.90 Å². The van der Waals surface area contributed by atoms with E-state index in [-0.39, 0.29) is 11.5 Å². The molecule has 1 saturated heterocycles. The Bertz CT molecular complexity index is 216. The molecule has 17 heavy (non-hydrogen) atoms. The maximum Gasteiger partial charge on any atom is 0.0702 e. The third kappa shape index (κ3) is 4.94. The van der Waals surface area contributed by atoms with Gasteiger partial charge in [0.05, 0.1) is 6.10 Å². The molecule has 0 radical (unpaired) electrons. The van der Waals surface area contributed by atoms with Crippen LogP contribution < -0.4 is 5.73 Å². The van der Waals surface area contributed by atoms with Gasteiger partial charge < -0.3 is 15.4 Å². The van der Waals surface area contributed by atoms with Gasteiger partial charge in [0, 0.05) is 25.7 Å². The molecule has 1 fully saturated rings. The Balaban J connectivity index is 2.39. The lowest BCUT2D eigenvalue weighted by Crippen LogP contribution is -2.48. The number of likely N-dealkylation sites (tertiary alicyclic amines) is 1. The number of ether oxygens (including phenoxy) is 1. The lowest BCUT2D eigenvalue weighted by atomic mass is 9.85. The van der Waals surface area contributed by atoms with E-state index >= 15 is 0 Å². The second-order valence-corrected chi connectivity index (χ2v) is 6.15. The van der Waals surface area contributed by atoms with Crippen molar-refractivity contribution in [2.75, 3.05) is 26.2 Å². The van der Waals surface area contributed by atoms with Crippen LogP contribution in [0.4, 0.5) is 0 Å². The van der Waals surface area contributed by atoms with Gasteiger partial charge in [-0.15, -0.1) is 0 Å². The Morgan fingerprint density at radius 2 is 2.18 bits per heavy atom. The fourth-order valence-electron chi connectivity index (χ4n) is 2.30. The van der Waals surface area contributed by atoms with Crippen LogP contribution >= 0.6 is 0 Å². The largest absolute Gasteiger partial charge is 0.377 e. The van der Waals surface area contributed by atoms with Crippen molar-refractivity contribution in [3.05, 3.63) is 0 Å². The maximum atomic E-state index is 6.04. The van der Waals surface area contributed by atoms with Crippen LogP contribution in [0.15, 0.2) is 0 Å². The highest BCUT2D eigenvalue weighted by Crippen LogP contribution is 2.23. The Labute approximate surface area is 107 Å². The van der Waals surface area contributed by atoms with Crippen molar-refractivity contribution >= 4 is 0 Å². The minimum absolute atomic E-state index is 0.187. The van der Waals surface area contributed by atoms with Gasteiger partial charge in [0.15, 0.2) is 0 Å². The highest BCUT2D eigenvalue weighted by Gasteiger charge is 2.29. The van der Waals surface area contributed by atoms with E-state index in [9.17, 15) is 0 Å². The van der Waals surface area contributed by atoms with Crippen LogP contribution in [0.5, 0.6) is 0 Å². The number of hydrogen-bond donors (Lipinski definition) is 1. The highest BCUT2D eigenvalue weighted by atomic mass is 16.5. The Morgan fingerprint density at radius 3 is 2.76 bits per heavy atom. The molecule has 0 aromatic rings. The predicted octanol–water partition coefficient (Wildman–Crippen LogP) is 2.25. The van der Waals surface area contributed by atoms with E-state index in [2.05, 4.69) is 32.6 Å². The monoisotopic (exact) mass is 242 g/mol. The minimum Gasteiger partial charge on any atom is -0.377 e. The van der Waals surface area contributed by atoms with Crippen molar-refractivity contribution in [2.24, 2.45) is 11.1 Å². The summed E-state index contributed by atoms with van der Waals surface area (Å²) in [7, 11) is 0. The molecule has 3 nitrogen and oxygen atoms in total. The molecule has 1 rings (SSSR count). The average Bonchev–Trinajstić information content (AvgIpc) is 2.26. The van der Waals surface area contributed by atoms with Crippen LogP contribution in [0.1, 0.15) is 47.0 Å². The van der Waals surface area contributed by atoms with Gasteiger partial charge in [-0.3, -0.25) is 0 Å². The van der Waals surface area contributed by atoms with E-state index in [4.69, 9.17) is 10.5 Å². The van der Waals surface area contributed by atoms with Crippen LogP contribution in [-0.4, -0.2) is 43.3 Å². The number of nitrogens with zero attached hydrogens (tertiary/aromatic N) is 1. The Hall–Kier alpha value is -0.120. The molecule has 0 aromatic heterocycles. The molecule has 0 spiro atoms. The van der Waals surface area contributed by atoms with E-state index in [0.717, 1.165) is 26.1 Å². The molecule has 102 valence electrons.